The van der Waals surface area contributed by atoms with Gasteiger partial charge in [0.1, 0.15) is 0 Å². The lowest BCUT2D eigenvalue weighted by molar-refractivity contribution is 0.0593. The molecule has 0 saturated heterocycles. The molecule has 0 aliphatic carbocycles. The van der Waals surface area contributed by atoms with Crippen LogP contribution < -0.4 is 11.3 Å². The number of hydrogen-bond donors (Lipinski definition) is 2. The molecule has 0 fully saturated rings. The van der Waals surface area contributed by atoms with E-state index in [4.69, 9.17) is 10.6 Å². The molecule has 1 unspecified atom stereocenters. The first-order valence-corrected chi connectivity index (χ1v) is 6.18. The van der Waals surface area contributed by atoms with E-state index in [2.05, 4.69) is 26.5 Å². The zero-order valence-electron chi connectivity index (χ0n) is 9.90. The summed E-state index contributed by atoms with van der Waals surface area (Å²) in [5.41, 5.74) is 3.78. The summed E-state index contributed by atoms with van der Waals surface area (Å²) in [4.78, 5) is 0. The predicted octanol–water partition coefficient (Wildman–Crippen LogP) is 1.59. The average Bonchev–Trinajstić information content (AvgIpc) is 2.61. The standard InChI is InChI=1S/C10H19BrN4O/c1-4-15-10(8(11)5-13-15)9(14-12)6-16-7(2)3/h5,7,9,14H,4,6,12H2,1-3H3. The minimum absolute atomic E-state index is 0.0563. The molecule has 0 aliphatic heterocycles. The van der Waals surface area contributed by atoms with E-state index in [1.807, 2.05) is 25.5 Å². The molecule has 5 nitrogen and oxygen atoms in total. The number of nitrogens with zero attached hydrogens (tertiary/aromatic N) is 2. The first kappa shape index (κ1) is 13.6. The Kier molecular flexibility index (Phi) is 5.40. The quantitative estimate of drug-likeness (QED) is 0.617. The van der Waals surface area contributed by atoms with Crippen LogP contribution in [0.5, 0.6) is 0 Å². The van der Waals surface area contributed by atoms with Crippen LogP contribution in [0.1, 0.15) is 32.5 Å². The summed E-state index contributed by atoms with van der Waals surface area (Å²) in [5, 5.41) is 4.25. The Morgan fingerprint density at radius 2 is 2.31 bits per heavy atom. The van der Waals surface area contributed by atoms with Crippen molar-refractivity contribution in [3.63, 3.8) is 0 Å². The molecular formula is C10H19BrN4O. The smallest absolute Gasteiger partial charge is 0.0873 e. The molecule has 1 heterocycles. The molecule has 0 spiro atoms. The molecule has 1 aromatic heterocycles. The van der Waals surface area contributed by atoms with Gasteiger partial charge >= 0.3 is 0 Å². The zero-order valence-corrected chi connectivity index (χ0v) is 11.5. The highest BCUT2D eigenvalue weighted by Crippen LogP contribution is 2.23. The van der Waals surface area contributed by atoms with Crippen LogP contribution in [-0.4, -0.2) is 22.5 Å². The van der Waals surface area contributed by atoms with Crippen molar-refractivity contribution in [3.05, 3.63) is 16.4 Å². The van der Waals surface area contributed by atoms with E-state index >= 15 is 0 Å². The fraction of sp³-hybridized carbons (Fsp3) is 0.700. The van der Waals surface area contributed by atoms with E-state index in [0.717, 1.165) is 16.7 Å². The molecule has 6 heteroatoms. The summed E-state index contributed by atoms with van der Waals surface area (Å²) in [6.07, 6.45) is 1.96. The van der Waals surface area contributed by atoms with Crippen LogP contribution in [0.25, 0.3) is 0 Å². The summed E-state index contributed by atoms with van der Waals surface area (Å²) in [6, 6.07) is -0.0563. The third kappa shape index (κ3) is 3.28. The monoisotopic (exact) mass is 290 g/mol. The SMILES string of the molecule is CCn1ncc(Br)c1C(COC(C)C)NN. The second-order valence-corrected chi connectivity index (χ2v) is 4.65. The van der Waals surface area contributed by atoms with Crippen molar-refractivity contribution >= 4 is 15.9 Å². The summed E-state index contributed by atoms with van der Waals surface area (Å²) in [5.74, 6) is 5.55. The van der Waals surface area contributed by atoms with Gasteiger partial charge in [0.25, 0.3) is 0 Å². The van der Waals surface area contributed by atoms with Gasteiger partial charge in [0, 0.05) is 6.54 Å². The third-order valence-corrected chi connectivity index (χ3v) is 2.87. The molecule has 0 radical (unpaired) electrons. The fourth-order valence-corrected chi connectivity index (χ4v) is 2.04. The minimum atomic E-state index is -0.0563. The zero-order chi connectivity index (χ0) is 12.1. The lowest BCUT2D eigenvalue weighted by Gasteiger charge is -2.19. The van der Waals surface area contributed by atoms with Gasteiger partial charge in [-0.25, -0.2) is 5.43 Å². The maximum atomic E-state index is 5.57. The largest absolute Gasteiger partial charge is 0.377 e. The number of aromatic nitrogens is 2. The Morgan fingerprint density at radius 1 is 1.62 bits per heavy atom. The topological polar surface area (TPSA) is 65.1 Å². The van der Waals surface area contributed by atoms with Crippen LogP contribution in [0.4, 0.5) is 0 Å². The number of hydrazine groups is 1. The third-order valence-electron chi connectivity index (χ3n) is 2.26. The summed E-state index contributed by atoms with van der Waals surface area (Å²) in [7, 11) is 0. The summed E-state index contributed by atoms with van der Waals surface area (Å²) < 4.78 is 8.42. The molecule has 3 N–H and O–H groups in total. The first-order chi connectivity index (χ1) is 7.60. The lowest BCUT2D eigenvalue weighted by atomic mass is 10.2. The molecule has 16 heavy (non-hydrogen) atoms. The van der Waals surface area contributed by atoms with Gasteiger partial charge in [-0.2, -0.15) is 5.10 Å². The molecule has 92 valence electrons. The van der Waals surface area contributed by atoms with Gasteiger partial charge in [-0.3, -0.25) is 10.5 Å². The van der Waals surface area contributed by atoms with Gasteiger partial charge < -0.3 is 4.74 Å². The van der Waals surface area contributed by atoms with Gasteiger partial charge in [-0.05, 0) is 36.7 Å². The Labute approximate surface area is 104 Å². The van der Waals surface area contributed by atoms with Crippen LogP contribution in [0.15, 0.2) is 10.7 Å². The van der Waals surface area contributed by atoms with Crippen LogP contribution in [0.2, 0.25) is 0 Å². The number of ether oxygens (including phenoxy) is 1. The fourth-order valence-electron chi connectivity index (χ4n) is 1.46. The van der Waals surface area contributed by atoms with E-state index in [1.54, 1.807) is 6.20 Å². The highest BCUT2D eigenvalue weighted by Gasteiger charge is 2.19. The number of aryl methyl sites for hydroxylation is 1. The summed E-state index contributed by atoms with van der Waals surface area (Å²) in [6.45, 7) is 7.37. The highest BCUT2D eigenvalue weighted by molar-refractivity contribution is 9.10. The number of rotatable bonds is 6. The van der Waals surface area contributed by atoms with Crippen molar-refractivity contribution < 1.29 is 4.74 Å². The van der Waals surface area contributed by atoms with Crippen LogP contribution >= 0.6 is 15.9 Å². The first-order valence-electron chi connectivity index (χ1n) is 5.39. The molecule has 0 amide bonds. The van der Waals surface area contributed by atoms with Crippen molar-refractivity contribution in [2.24, 2.45) is 5.84 Å². The Bertz CT molecular complexity index is 327. The van der Waals surface area contributed by atoms with Crippen LogP contribution in [0, 0.1) is 0 Å². The number of halogens is 1. The second kappa shape index (κ2) is 6.34. The van der Waals surface area contributed by atoms with Crippen molar-refractivity contribution in [2.75, 3.05) is 6.61 Å². The second-order valence-electron chi connectivity index (χ2n) is 3.79. The Balaban J connectivity index is 2.81. The van der Waals surface area contributed by atoms with Gasteiger partial charge in [0.15, 0.2) is 0 Å². The Hall–Kier alpha value is -0.430. The molecule has 0 aromatic carbocycles. The van der Waals surface area contributed by atoms with E-state index in [1.165, 1.54) is 0 Å². The van der Waals surface area contributed by atoms with E-state index in [-0.39, 0.29) is 12.1 Å². The number of nitrogens with two attached hydrogens (primary N) is 1. The predicted molar refractivity (Wildman–Crippen MR) is 66.8 cm³/mol. The number of nitrogens with one attached hydrogen (secondary N) is 1. The molecule has 1 rings (SSSR count). The Morgan fingerprint density at radius 3 is 2.81 bits per heavy atom. The summed E-state index contributed by atoms with van der Waals surface area (Å²) >= 11 is 3.47. The molecular weight excluding hydrogens is 272 g/mol. The van der Waals surface area contributed by atoms with Gasteiger partial charge in [0.2, 0.25) is 0 Å². The highest BCUT2D eigenvalue weighted by atomic mass is 79.9. The number of hydrogen-bond acceptors (Lipinski definition) is 4. The van der Waals surface area contributed by atoms with Crippen molar-refractivity contribution in [2.45, 2.75) is 39.5 Å². The molecule has 0 saturated carbocycles. The van der Waals surface area contributed by atoms with Crippen molar-refractivity contribution in [1.82, 2.24) is 15.2 Å². The normalized spacial score (nSPS) is 13.4. The van der Waals surface area contributed by atoms with Gasteiger partial charge in [-0.1, -0.05) is 0 Å². The van der Waals surface area contributed by atoms with Crippen molar-refractivity contribution in [1.29, 1.82) is 0 Å². The van der Waals surface area contributed by atoms with Crippen molar-refractivity contribution in [3.8, 4) is 0 Å². The maximum absolute atomic E-state index is 5.57. The van der Waals surface area contributed by atoms with E-state index in [9.17, 15) is 0 Å². The maximum Gasteiger partial charge on any atom is 0.0873 e. The van der Waals surface area contributed by atoms with Gasteiger partial charge in [-0.15, -0.1) is 0 Å². The molecule has 1 aromatic rings. The average molecular weight is 291 g/mol. The lowest BCUT2D eigenvalue weighted by Crippen LogP contribution is -2.34. The molecule has 0 bridgehead atoms. The van der Waals surface area contributed by atoms with E-state index in [0.29, 0.717) is 6.61 Å². The molecule has 1 atom stereocenters. The van der Waals surface area contributed by atoms with Crippen LogP contribution in [-0.2, 0) is 11.3 Å². The van der Waals surface area contributed by atoms with Gasteiger partial charge in [0.05, 0.1) is 35.1 Å². The molecule has 0 aliphatic rings. The van der Waals surface area contributed by atoms with Crippen LogP contribution in [0.3, 0.4) is 0 Å². The minimum Gasteiger partial charge on any atom is -0.377 e. The van der Waals surface area contributed by atoms with E-state index < -0.39 is 0 Å².